The Morgan fingerprint density at radius 1 is 1.05 bits per heavy atom. The minimum absolute atomic E-state index is 0.271. The van der Waals surface area contributed by atoms with Crippen molar-refractivity contribution in [3.8, 4) is 0 Å². The molecule has 3 nitrogen and oxygen atoms in total. The molecule has 3 heteroatoms. The number of carboxylic acid groups (broad SMARTS) is 1. The molecule has 0 heterocycles. The molecule has 0 aliphatic heterocycles. The smallest absolute Gasteiger partial charge is 0.303 e. The van der Waals surface area contributed by atoms with E-state index in [-0.39, 0.29) is 6.42 Å². The first kappa shape index (κ1) is 16.3. The van der Waals surface area contributed by atoms with E-state index in [1.165, 1.54) is 25.7 Å². The Kier molecular flexibility index (Phi) is 6.47. The van der Waals surface area contributed by atoms with E-state index in [9.17, 15) is 9.59 Å². The number of hydrogen-bond acceptors (Lipinski definition) is 2. The highest BCUT2D eigenvalue weighted by Crippen LogP contribution is 2.55. The van der Waals surface area contributed by atoms with E-state index in [4.69, 9.17) is 5.11 Å². The Morgan fingerprint density at radius 2 is 1.81 bits per heavy atom. The van der Waals surface area contributed by atoms with Gasteiger partial charge in [0.05, 0.1) is 0 Å². The normalized spacial score (nSPS) is 31.0. The molecule has 0 aromatic heterocycles. The third-order valence-corrected chi connectivity index (χ3v) is 5.47. The van der Waals surface area contributed by atoms with Crippen molar-refractivity contribution in [1.29, 1.82) is 0 Å². The Hall–Kier alpha value is -1.12. The lowest BCUT2D eigenvalue weighted by atomic mass is 9.75. The van der Waals surface area contributed by atoms with Crippen molar-refractivity contribution < 1.29 is 14.7 Å². The molecule has 0 amide bonds. The quantitative estimate of drug-likeness (QED) is 0.372. The lowest BCUT2D eigenvalue weighted by molar-refractivity contribution is -0.137. The number of carboxylic acids is 1. The standard InChI is InChI=1S/C18H28O3/c19-12-6-5-8-17-15-11-10-14(13-15)16(17)7-3-1-2-4-9-18(20)21/h1,3,12,14-17H,2,4-11,13H2,(H,20,21)/t14-,15+,16-,17+/m0/s1. The highest BCUT2D eigenvalue weighted by molar-refractivity contribution is 5.66. The van der Waals surface area contributed by atoms with Crippen molar-refractivity contribution in [3.63, 3.8) is 0 Å². The zero-order valence-electron chi connectivity index (χ0n) is 12.9. The Morgan fingerprint density at radius 3 is 2.52 bits per heavy atom. The van der Waals surface area contributed by atoms with Crippen LogP contribution in [0.15, 0.2) is 12.2 Å². The zero-order chi connectivity index (χ0) is 15.1. The van der Waals surface area contributed by atoms with Crippen LogP contribution in [0.3, 0.4) is 0 Å². The summed E-state index contributed by atoms with van der Waals surface area (Å²) in [4.78, 5) is 20.9. The third-order valence-electron chi connectivity index (χ3n) is 5.47. The molecule has 2 rings (SSSR count). The molecule has 2 aliphatic rings. The molecule has 4 atom stereocenters. The Balaban J connectivity index is 1.73. The maximum atomic E-state index is 10.5. The zero-order valence-corrected chi connectivity index (χ0v) is 12.9. The van der Waals surface area contributed by atoms with Gasteiger partial charge in [-0.25, -0.2) is 0 Å². The Bertz CT molecular complexity index is 375. The maximum absolute atomic E-state index is 10.5. The number of aliphatic carboxylic acids is 1. The first-order valence-electron chi connectivity index (χ1n) is 8.52. The minimum atomic E-state index is -0.702. The number of carbonyl (C=O) groups excluding carboxylic acids is 1. The monoisotopic (exact) mass is 292 g/mol. The van der Waals surface area contributed by atoms with Crippen LogP contribution < -0.4 is 0 Å². The van der Waals surface area contributed by atoms with E-state index >= 15 is 0 Å². The molecule has 0 saturated heterocycles. The van der Waals surface area contributed by atoms with Crippen molar-refractivity contribution in [2.45, 2.75) is 64.2 Å². The second-order valence-corrected chi connectivity index (χ2v) is 6.75. The third kappa shape index (κ3) is 4.69. The number of unbranched alkanes of at least 4 members (excludes halogenated alkanes) is 2. The summed E-state index contributed by atoms with van der Waals surface area (Å²) in [6.45, 7) is 0. The number of carbonyl (C=O) groups is 2. The summed E-state index contributed by atoms with van der Waals surface area (Å²) >= 11 is 0. The van der Waals surface area contributed by atoms with Crippen molar-refractivity contribution in [1.82, 2.24) is 0 Å². The summed E-state index contributed by atoms with van der Waals surface area (Å²) in [5.74, 6) is 2.75. The summed E-state index contributed by atoms with van der Waals surface area (Å²) in [5, 5.41) is 8.60. The molecule has 0 aromatic rings. The molecule has 2 saturated carbocycles. The molecule has 2 bridgehead atoms. The van der Waals surface area contributed by atoms with Gasteiger partial charge in [0.25, 0.3) is 0 Å². The fourth-order valence-corrected chi connectivity index (χ4v) is 4.53. The predicted octanol–water partition coefficient (Wildman–Crippen LogP) is 4.22. The van der Waals surface area contributed by atoms with Crippen LogP contribution in [0, 0.1) is 23.7 Å². The van der Waals surface area contributed by atoms with Crippen LogP contribution >= 0.6 is 0 Å². The summed E-state index contributed by atoms with van der Waals surface area (Å²) < 4.78 is 0. The summed E-state index contributed by atoms with van der Waals surface area (Å²) in [5.41, 5.74) is 0. The van der Waals surface area contributed by atoms with E-state index in [1.54, 1.807) is 0 Å². The molecular formula is C18H28O3. The SMILES string of the molecule is O=CCCC[C@@H]1[C@@H]2CC[C@@H](C2)[C@@H]1CC=CCCCC(=O)O. The van der Waals surface area contributed by atoms with Crippen molar-refractivity contribution in [2.75, 3.05) is 0 Å². The number of aldehydes is 1. The summed E-state index contributed by atoms with van der Waals surface area (Å²) in [6, 6.07) is 0. The van der Waals surface area contributed by atoms with Crippen LogP contribution in [0.2, 0.25) is 0 Å². The number of allylic oxidation sites excluding steroid dienone is 2. The molecule has 0 radical (unpaired) electrons. The predicted molar refractivity (Wildman–Crippen MR) is 83.0 cm³/mol. The van der Waals surface area contributed by atoms with Crippen molar-refractivity contribution >= 4 is 12.3 Å². The molecule has 118 valence electrons. The first-order chi connectivity index (χ1) is 10.2. The van der Waals surface area contributed by atoms with Gasteiger partial charge in [-0.3, -0.25) is 4.79 Å². The van der Waals surface area contributed by atoms with Gasteiger partial charge < -0.3 is 9.90 Å². The molecule has 0 spiro atoms. The highest BCUT2D eigenvalue weighted by atomic mass is 16.4. The topological polar surface area (TPSA) is 54.4 Å². The van der Waals surface area contributed by atoms with Gasteiger partial charge in [0, 0.05) is 12.8 Å². The van der Waals surface area contributed by atoms with E-state index in [2.05, 4.69) is 12.2 Å². The van der Waals surface area contributed by atoms with E-state index in [1.807, 2.05) is 0 Å². The average molecular weight is 292 g/mol. The van der Waals surface area contributed by atoms with Crippen LogP contribution in [0.25, 0.3) is 0 Å². The molecule has 2 aliphatic carbocycles. The lowest BCUT2D eigenvalue weighted by Gasteiger charge is -2.30. The molecule has 21 heavy (non-hydrogen) atoms. The molecule has 0 aromatic carbocycles. The maximum Gasteiger partial charge on any atom is 0.303 e. The fraction of sp³-hybridized carbons (Fsp3) is 0.778. The van der Waals surface area contributed by atoms with Gasteiger partial charge >= 0.3 is 5.97 Å². The second kappa shape index (κ2) is 8.35. The average Bonchev–Trinajstić information content (AvgIpc) is 3.04. The summed E-state index contributed by atoms with van der Waals surface area (Å²) in [7, 11) is 0. The van der Waals surface area contributed by atoms with Gasteiger partial charge in [-0.1, -0.05) is 12.2 Å². The van der Waals surface area contributed by atoms with Crippen LogP contribution in [-0.4, -0.2) is 17.4 Å². The van der Waals surface area contributed by atoms with Crippen molar-refractivity contribution in [2.24, 2.45) is 23.7 Å². The van der Waals surface area contributed by atoms with Gasteiger partial charge in [0.1, 0.15) is 6.29 Å². The van der Waals surface area contributed by atoms with Gasteiger partial charge in [0.15, 0.2) is 0 Å². The minimum Gasteiger partial charge on any atom is -0.481 e. The first-order valence-corrected chi connectivity index (χ1v) is 8.52. The number of hydrogen-bond donors (Lipinski definition) is 1. The largest absolute Gasteiger partial charge is 0.481 e. The van der Waals surface area contributed by atoms with Crippen LogP contribution in [0.4, 0.5) is 0 Å². The fourth-order valence-electron chi connectivity index (χ4n) is 4.53. The van der Waals surface area contributed by atoms with E-state index < -0.39 is 5.97 Å². The Labute approximate surface area is 127 Å². The van der Waals surface area contributed by atoms with Crippen LogP contribution in [-0.2, 0) is 9.59 Å². The molecule has 1 N–H and O–H groups in total. The van der Waals surface area contributed by atoms with Crippen LogP contribution in [0.1, 0.15) is 64.2 Å². The summed E-state index contributed by atoms with van der Waals surface area (Å²) in [6.07, 6.45) is 15.7. The lowest BCUT2D eigenvalue weighted by Crippen LogP contribution is -2.22. The van der Waals surface area contributed by atoms with Gasteiger partial charge in [-0.05, 0) is 75.0 Å². The van der Waals surface area contributed by atoms with Gasteiger partial charge in [-0.15, -0.1) is 0 Å². The number of rotatable bonds is 10. The van der Waals surface area contributed by atoms with Crippen molar-refractivity contribution in [3.05, 3.63) is 12.2 Å². The molecular weight excluding hydrogens is 264 g/mol. The van der Waals surface area contributed by atoms with Gasteiger partial charge in [0.2, 0.25) is 0 Å². The van der Waals surface area contributed by atoms with E-state index in [0.29, 0.717) is 6.42 Å². The number of fused-ring (bicyclic) bond motifs is 2. The molecule has 2 fully saturated rings. The van der Waals surface area contributed by atoms with Crippen LogP contribution in [0.5, 0.6) is 0 Å². The molecule has 0 unspecified atom stereocenters. The highest BCUT2D eigenvalue weighted by Gasteiger charge is 2.45. The van der Waals surface area contributed by atoms with Gasteiger partial charge in [-0.2, -0.15) is 0 Å². The van der Waals surface area contributed by atoms with E-state index in [0.717, 1.165) is 55.6 Å². The second-order valence-electron chi connectivity index (χ2n) is 6.75.